The van der Waals surface area contributed by atoms with Crippen molar-refractivity contribution in [1.82, 2.24) is 0 Å². The zero-order valence-electron chi connectivity index (χ0n) is 6.63. The van der Waals surface area contributed by atoms with Gasteiger partial charge in [0.05, 0.1) is 0 Å². The third kappa shape index (κ3) is 1.81. The maximum absolute atomic E-state index is 12.6. The molecule has 1 aromatic carbocycles. The highest BCUT2D eigenvalue weighted by atomic mass is 79.9. The van der Waals surface area contributed by atoms with Gasteiger partial charge in [-0.15, -0.1) is 0 Å². The number of benzene rings is 1. The van der Waals surface area contributed by atoms with E-state index in [0.29, 0.717) is 0 Å². The molecule has 0 nitrogen and oxygen atoms in total. The lowest BCUT2D eigenvalue weighted by molar-refractivity contribution is 0.628. The molecule has 1 aromatic heterocycles. The average molecular weight is 257 g/mol. The van der Waals surface area contributed by atoms with Gasteiger partial charge in [-0.2, -0.15) is 11.3 Å². The van der Waals surface area contributed by atoms with Gasteiger partial charge in [0.25, 0.3) is 0 Å². The second kappa shape index (κ2) is 3.60. The number of thiophene rings is 1. The first kappa shape index (κ1) is 8.91. The van der Waals surface area contributed by atoms with Crippen molar-refractivity contribution in [2.75, 3.05) is 0 Å². The maximum atomic E-state index is 12.6. The predicted octanol–water partition coefficient (Wildman–Crippen LogP) is 4.32. The molecule has 0 unspecified atom stereocenters. The summed E-state index contributed by atoms with van der Waals surface area (Å²) in [6, 6.07) is 6.50. The molecule has 0 spiro atoms. The monoisotopic (exact) mass is 256 g/mol. The quantitative estimate of drug-likeness (QED) is 0.713. The molecule has 13 heavy (non-hydrogen) atoms. The van der Waals surface area contributed by atoms with Gasteiger partial charge in [-0.1, -0.05) is 12.1 Å². The Hall–Kier alpha value is -0.670. The van der Waals surface area contributed by atoms with Crippen molar-refractivity contribution in [1.29, 1.82) is 0 Å². The summed E-state index contributed by atoms with van der Waals surface area (Å²) in [5, 5.41) is 4.05. The Labute approximate surface area is 88.2 Å². The van der Waals surface area contributed by atoms with Crippen LogP contribution >= 0.6 is 27.3 Å². The standard InChI is InChI=1S/C10H6BrFS/c11-10-6-13-5-9(10)7-1-3-8(12)4-2-7/h1-6H. The topological polar surface area (TPSA) is 0 Å². The zero-order chi connectivity index (χ0) is 9.26. The van der Waals surface area contributed by atoms with Crippen LogP contribution in [0, 0.1) is 5.82 Å². The summed E-state index contributed by atoms with van der Waals surface area (Å²) < 4.78 is 13.7. The van der Waals surface area contributed by atoms with Crippen molar-refractivity contribution in [3.8, 4) is 11.1 Å². The highest BCUT2D eigenvalue weighted by Crippen LogP contribution is 2.31. The van der Waals surface area contributed by atoms with E-state index in [-0.39, 0.29) is 5.82 Å². The van der Waals surface area contributed by atoms with Gasteiger partial charge in [-0.05, 0) is 39.0 Å². The number of halogens is 2. The zero-order valence-corrected chi connectivity index (χ0v) is 9.03. The summed E-state index contributed by atoms with van der Waals surface area (Å²) in [7, 11) is 0. The molecule has 0 aliphatic rings. The van der Waals surface area contributed by atoms with Crippen LogP contribution in [0.1, 0.15) is 0 Å². The lowest BCUT2D eigenvalue weighted by atomic mass is 10.1. The molecule has 66 valence electrons. The fourth-order valence-electron chi connectivity index (χ4n) is 1.12. The van der Waals surface area contributed by atoms with Gasteiger partial charge in [-0.3, -0.25) is 0 Å². The summed E-state index contributed by atoms with van der Waals surface area (Å²) in [4.78, 5) is 0. The van der Waals surface area contributed by atoms with Gasteiger partial charge in [0.15, 0.2) is 0 Å². The molecule has 3 heteroatoms. The van der Waals surface area contributed by atoms with Crippen LogP contribution in [0.15, 0.2) is 39.5 Å². The minimum Gasteiger partial charge on any atom is -0.207 e. The third-order valence-electron chi connectivity index (χ3n) is 1.77. The smallest absolute Gasteiger partial charge is 0.123 e. The van der Waals surface area contributed by atoms with Gasteiger partial charge >= 0.3 is 0 Å². The Bertz CT molecular complexity index is 405. The maximum Gasteiger partial charge on any atom is 0.123 e. The molecule has 0 amide bonds. The molecule has 0 aliphatic carbocycles. The second-order valence-electron chi connectivity index (χ2n) is 2.64. The van der Waals surface area contributed by atoms with E-state index >= 15 is 0 Å². The van der Waals surface area contributed by atoms with Crippen LogP contribution in [0.2, 0.25) is 0 Å². The van der Waals surface area contributed by atoms with Gasteiger partial charge < -0.3 is 0 Å². The molecule has 2 rings (SSSR count). The van der Waals surface area contributed by atoms with Gasteiger partial charge in [-0.25, -0.2) is 4.39 Å². The van der Waals surface area contributed by atoms with Crippen molar-refractivity contribution in [2.24, 2.45) is 0 Å². The third-order valence-corrected chi connectivity index (χ3v) is 3.47. The lowest BCUT2D eigenvalue weighted by Crippen LogP contribution is -1.76. The van der Waals surface area contributed by atoms with Crippen LogP contribution in [0.3, 0.4) is 0 Å². The van der Waals surface area contributed by atoms with Crippen LogP contribution in [-0.2, 0) is 0 Å². The summed E-state index contributed by atoms with van der Waals surface area (Å²) in [5.41, 5.74) is 2.15. The minimum atomic E-state index is -0.199. The number of rotatable bonds is 1. The minimum absolute atomic E-state index is 0.199. The molecular weight excluding hydrogens is 251 g/mol. The van der Waals surface area contributed by atoms with E-state index in [4.69, 9.17) is 0 Å². The van der Waals surface area contributed by atoms with E-state index < -0.39 is 0 Å². The van der Waals surface area contributed by atoms with Crippen molar-refractivity contribution in [3.63, 3.8) is 0 Å². The molecule has 2 aromatic rings. The van der Waals surface area contributed by atoms with Gasteiger partial charge in [0.1, 0.15) is 5.82 Å². The van der Waals surface area contributed by atoms with E-state index in [9.17, 15) is 4.39 Å². The first-order valence-corrected chi connectivity index (χ1v) is 5.48. The highest BCUT2D eigenvalue weighted by molar-refractivity contribution is 9.10. The summed E-state index contributed by atoms with van der Waals surface area (Å²) in [5.74, 6) is -0.199. The van der Waals surface area contributed by atoms with Crippen molar-refractivity contribution >= 4 is 27.3 Å². The van der Waals surface area contributed by atoms with Gasteiger partial charge in [0.2, 0.25) is 0 Å². The number of hydrogen-bond acceptors (Lipinski definition) is 1. The molecular formula is C10H6BrFS. The van der Waals surface area contributed by atoms with Crippen LogP contribution in [-0.4, -0.2) is 0 Å². The molecule has 0 radical (unpaired) electrons. The Morgan fingerprint density at radius 2 is 1.77 bits per heavy atom. The molecule has 1 heterocycles. The van der Waals surface area contributed by atoms with Crippen LogP contribution in [0.25, 0.3) is 11.1 Å². The normalized spacial score (nSPS) is 10.3. The Kier molecular flexibility index (Phi) is 2.47. The largest absolute Gasteiger partial charge is 0.207 e. The van der Waals surface area contributed by atoms with Crippen LogP contribution in [0.5, 0.6) is 0 Å². The first-order chi connectivity index (χ1) is 6.27. The fourth-order valence-corrected chi connectivity index (χ4v) is 2.65. The van der Waals surface area contributed by atoms with Gasteiger partial charge in [0, 0.05) is 15.4 Å². The van der Waals surface area contributed by atoms with Crippen LogP contribution < -0.4 is 0 Å². The van der Waals surface area contributed by atoms with Crippen LogP contribution in [0.4, 0.5) is 4.39 Å². The van der Waals surface area contributed by atoms with E-state index in [1.807, 2.05) is 10.8 Å². The van der Waals surface area contributed by atoms with E-state index in [1.165, 1.54) is 12.1 Å². The first-order valence-electron chi connectivity index (χ1n) is 3.75. The summed E-state index contributed by atoms with van der Waals surface area (Å²) in [6.45, 7) is 0. The van der Waals surface area contributed by atoms with E-state index in [1.54, 1.807) is 23.5 Å². The molecule has 0 atom stereocenters. The van der Waals surface area contributed by atoms with Crippen molar-refractivity contribution in [3.05, 3.63) is 45.3 Å². The Balaban J connectivity index is 2.47. The summed E-state index contributed by atoms with van der Waals surface area (Å²) >= 11 is 5.06. The fraction of sp³-hybridized carbons (Fsp3) is 0. The van der Waals surface area contributed by atoms with Crippen molar-refractivity contribution in [2.45, 2.75) is 0 Å². The summed E-state index contributed by atoms with van der Waals surface area (Å²) in [6.07, 6.45) is 0. The molecule has 0 bridgehead atoms. The van der Waals surface area contributed by atoms with Crippen molar-refractivity contribution < 1.29 is 4.39 Å². The Morgan fingerprint density at radius 3 is 2.31 bits per heavy atom. The van der Waals surface area contributed by atoms with E-state index in [2.05, 4.69) is 15.9 Å². The Morgan fingerprint density at radius 1 is 1.08 bits per heavy atom. The molecule has 0 saturated heterocycles. The average Bonchev–Trinajstić information content (AvgIpc) is 2.53. The lowest BCUT2D eigenvalue weighted by Gasteiger charge is -1.98. The molecule has 0 N–H and O–H groups in total. The molecule has 0 aliphatic heterocycles. The highest BCUT2D eigenvalue weighted by Gasteiger charge is 2.03. The predicted molar refractivity (Wildman–Crippen MR) is 57.4 cm³/mol. The number of hydrogen-bond donors (Lipinski definition) is 0. The molecule has 0 saturated carbocycles. The second-order valence-corrected chi connectivity index (χ2v) is 4.24. The molecule has 0 fully saturated rings. The SMILES string of the molecule is Fc1ccc(-c2cscc2Br)cc1. The van der Waals surface area contributed by atoms with E-state index in [0.717, 1.165) is 15.6 Å².